The Balaban J connectivity index is 1.45. The average molecular weight is 415 g/mol. The summed E-state index contributed by atoms with van der Waals surface area (Å²) in [5.74, 6) is 1.43. The summed E-state index contributed by atoms with van der Waals surface area (Å²) >= 11 is 1.60. The van der Waals surface area contributed by atoms with Crippen molar-refractivity contribution < 1.29 is 4.79 Å². The molecular weight excluding hydrogens is 392 g/mol. The van der Waals surface area contributed by atoms with Crippen molar-refractivity contribution in [2.45, 2.75) is 17.8 Å². The SMILES string of the molecule is Cc1cccc(-c2nnc(SCc3cccc(C(=O)Nc4ccccc4)c3)n2C)c1. The topological polar surface area (TPSA) is 59.8 Å². The van der Waals surface area contributed by atoms with Crippen LogP contribution in [0.15, 0.2) is 84.0 Å². The molecule has 0 fully saturated rings. The van der Waals surface area contributed by atoms with E-state index < -0.39 is 0 Å². The fraction of sp³-hybridized carbons (Fsp3) is 0.125. The minimum atomic E-state index is -0.117. The van der Waals surface area contributed by atoms with Crippen LogP contribution in [0.25, 0.3) is 11.4 Å². The van der Waals surface area contributed by atoms with Gasteiger partial charge in [-0.3, -0.25) is 4.79 Å². The normalized spacial score (nSPS) is 10.7. The molecule has 5 nitrogen and oxygen atoms in total. The van der Waals surface area contributed by atoms with Crippen LogP contribution < -0.4 is 5.32 Å². The molecule has 1 N–H and O–H groups in total. The van der Waals surface area contributed by atoms with E-state index in [4.69, 9.17) is 0 Å². The molecule has 4 rings (SSSR count). The first-order chi connectivity index (χ1) is 14.6. The number of anilines is 1. The van der Waals surface area contributed by atoms with E-state index in [2.05, 4.69) is 34.6 Å². The molecule has 4 aromatic rings. The molecule has 0 unspecified atom stereocenters. The molecule has 0 spiro atoms. The quantitative estimate of drug-likeness (QED) is 0.433. The second-order valence-corrected chi connectivity index (χ2v) is 7.99. The van der Waals surface area contributed by atoms with Gasteiger partial charge in [0.15, 0.2) is 11.0 Å². The first kappa shape index (κ1) is 19.9. The summed E-state index contributed by atoms with van der Waals surface area (Å²) in [6, 6.07) is 25.4. The lowest BCUT2D eigenvalue weighted by molar-refractivity contribution is 0.102. The fourth-order valence-electron chi connectivity index (χ4n) is 3.15. The molecule has 0 saturated carbocycles. The van der Waals surface area contributed by atoms with Gasteiger partial charge in [0.2, 0.25) is 0 Å². The highest BCUT2D eigenvalue weighted by Gasteiger charge is 2.12. The van der Waals surface area contributed by atoms with Gasteiger partial charge < -0.3 is 9.88 Å². The van der Waals surface area contributed by atoms with Crippen LogP contribution in [0.2, 0.25) is 0 Å². The Labute approximate surface area is 180 Å². The molecule has 3 aromatic carbocycles. The number of nitrogens with zero attached hydrogens (tertiary/aromatic N) is 3. The van der Waals surface area contributed by atoms with Gasteiger partial charge in [-0.15, -0.1) is 10.2 Å². The summed E-state index contributed by atoms with van der Waals surface area (Å²) in [5, 5.41) is 12.5. The predicted molar refractivity (Wildman–Crippen MR) is 122 cm³/mol. The van der Waals surface area contributed by atoms with Crippen LogP contribution in [0, 0.1) is 6.92 Å². The molecule has 1 amide bonds. The third-order valence-electron chi connectivity index (χ3n) is 4.70. The number of carbonyl (C=O) groups is 1. The maximum absolute atomic E-state index is 12.5. The number of carbonyl (C=O) groups excluding carboxylic acids is 1. The lowest BCUT2D eigenvalue weighted by atomic mass is 10.1. The molecule has 1 aromatic heterocycles. The van der Waals surface area contributed by atoms with Gasteiger partial charge in [-0.25, -0.2) is 0 Å². The van der Waals surface area contributed by atoms with E-state index in [1.807, 2.05) is 78.3 Å². The van der Waals surface area contributed by atoms with Crippen LogP contribution in [0.4, 0.5) is 5.69 Å². The summed E-state index contributed by atoms with van der Waals surface area (Å²) in [5.41, 5.74) is 4.72. The summed E-state index contributed by atoms with van der Waals surface area (Å²) in [6.45, 7) is 2.07. The van der Waals surface area contributed by atoms with Crippen molar-refractivity contribution in [3.8, 4) is 11.4 Å². The maximum Gasteiger partial charge on any atom is 0.255 e. The van der Waals surface area contributed by atoms with Crippen molar-refractivity contribution in [3.05, 3.63) is 95.6 Å². The van der Waals surface area contributed by atoms with E-state index in [0.717, 1.165) is 27.8 Å². The van der Waals surface area contributed by atoms with Gasteiger partial charge in [-0.05, 0) is 42.8 Å². The first-order valence-electron chi connectivity index (χ1n) is 9.65. The Morgan fingerprint density at radius 2 is 1.77 bits per heavy atom. The molecular formula is C24H22N4OS. The van der Waals surface area contributed by atoms with Crippen molar-refractivity contribution in [1.29, 1.82) is 0 Å². The molecule has 0 radical (unpaired) electrons. The number of aryl methyl sites for hydroxylation is 1. The van der Waals surface area contributed by atoms with E-state index in [-0.39, 0.29) is 5.91 Å². The first-order valence-corrected chi connectivity index (χ1v) is 10.6. The number of thioether (sulfide) groups is 1. The largest absolute Gasteiger partial charge is 0.322 e. The highest BCUT2D eigenvalue weighted by molar-refractivity contribution is 7.98. The fourth-order valence-corrected chi connectivity index (χ4v) is 4.01. The molecule has 0 aliphatic carbocycles. The molecule has 0 aliphatic heterocycles. The number of hydrogen-bond donors (Lipinski definition) is 1. The highest BCUT2D eigenvalue weighted by atomic mass is 32.2. The molecule has 150 valence electrons. The minimum Gasteiger partial charge on any atom is -0.322 e. The third kappa shape index (κ3) is 4.60. The number of aromatic nitrogens is 3. The molecule has 30 heavy (non-hydrogen) atoms. The van der Waals surface area contributed by atoms with Gasteiger partial charge in [0.1, 0.15) is 0 Å². The number of rotatable bonds is 6. The molecule has 6 heteroatoms. The average Bonchev–Trinajstić information content (AvgIpc) is 3.13. The van der Waals surface area contributed by atoms with Crippen molar-refractivity contribution in [3.63, 3.8) is 0 Å². The third-order valence-corrected chi connectivity index (χ3v) is 5.79. The summed E-state index contributed by atoms with van der Waals surface area (Å²) in [6.07, 6.45) is 0. The van der Waals surface area contributed by atoms with Gasteiger partial charge in [-0.1, -0.05) is 65.9 Å². The van der Waals surface area contributed by atoms with Gasteiger partial charge >= 0.3 is 0 Å². The van der Waals surface area contributed by atoms with E-state index in [1.165, 1.54) is 5.56 Å². The Morgan fingerprint density at radius 1 is 0.967 bits per heavy atom. The van der Waals surface area contributed by atoms with Gasteiger partial charge in [0.25, 0.3) is 5.91 Å². The second kappa shape index (κ2) is 8.97. The Hall–Kier alpha value is -3.38. The highest BCUT2D eigenvalue weighted by Crippen LogP contribution is 2.26. The van der Waals surface area contributed by atoms with Gasteiger partial charge in [0, 0.05) is 29.6 Å². The van der Waals surface area contributed by atoms with Gasteiger partial charge in [-0.2, -0.15) is 0 Å². The van der Waals surface area contributed by atoms with E-state index in [0.29, 0.717) is 11.3 Å². The lowest BCUT2D eigenvalue weighted by Crippen LogP contribution is -2.11. The van der Waals surface area contributed by atoms with Crippen LogP contribution in [0.5, 0.6) is 0 Å². The zero-order chi connectivity index (χ0) is 20.9. The Kier molecular flexibility index (Phi) is 5.95. The molecule has 1 heterocycles. The zero-order valence-corrected chi connectivity index (χ0v) is 17.7. The monoisotopic (exact) mass is 414 g/mol. The number of hydrogen-bond acceptors (Lipinski definition) is 4. The minimum absolute atomic E-state index is 0.117. The van der Waals surface area contributed by atoms with E-state index >= 15 is 0 Å². The molecule has 0 aliphatic rings. The number of para-hydroxylation sites is 1. The summed E-state index contributed by atoms with van der Waals surface area (Å²) < 4.78 is 2.01. The van der Waals surface area contributed by atoms with Crippen molar-refractivity contribution in [2.75, 3.05) is 5.32 Å². The Morgan fingerprint density at radius 3 is 2.57 bits per heavy atom. The number of amides is 1. The van der Waals surface area contributed by atoms with Crippen LogP contribution in [-0.4, -0.2) is 20.7 Å². The molecule has 0 bridgehead atoms. The zero-order valence-electron chi connectivity index (χ0n) is 16.9. The molecule has 0 saturated heterocycles. The second-order valence-electron chi connectivity index (χ2n) is 7.04. The lowest BCUT2D eigenvalue weighted by Gasteiger charge is -2.07. The standard InChI is InChI=1S/C24H22N4OS/c1-17-8-6-10-19(14-17)22-26-27-24(28(22)2)30-16-18-9-7-11-20(15-18)23(29)25-21-12-4-3-5-13-21/h3-15H,16H2,1-2H3,(H,25,29). The van der Waals surface area contributed by atoms with Crippen LogP contribution in [-0.2, 0) is 12.8 Å². The number of benzene rings is 3. The van der Waals surface area contributed by atoms with E-state index in [1.54, 1.807) is 11.8 Å². The van der Waals surface area contributed by atoms with Crippen molar-refractivity contribution in [1.82, 2.24) is 14.8 Å². The predicted octanol–water partition coefficient (Wildman–Crippen LogP) is 5.34. The number of nitrogens with one attached hydrogen (secondary N) is 1. The van der Waals surface area contributed by atoms with Crippen LogP contribution >= 0.6 is 11.8 Å². The van der Waals surface area contributed by atoms with E-state index in [9.17, 15) is 4.79 Å². The summed E-state index contributed by atoms with van der Waals surface area (Å²) in [4.78, 5) is 12.5. The van der Waals surface area contributed by atoms with Crippen LogP contribution in [0.1, 0.15) is 21.5 Å². The Bertz CT molecular complexity index is 1170. The van der Waals surface area contributed by atoms with Crippen molar-refractivity contribution in [2.24, 2.45) is 7.05 Å². The van der Waals surface area contributed by atoms with Crippen LogP contribution in [0.3, 0.4) is 0 Å². The summed E-state index contributed by atoms with van der Waals surface area (Å²) in [7, 11) is 1.98. The van der Waals surface area contributed by atoms with Crippen molar-refractivity contribution >= 4 is 23.4 Å². The van der Waals surface area contributed by atoms with Gasteiger partial charge in [0.05, 0.1) is 0 Å². The smallest absolute Gasteiger partial charge is 0.255 e. The molecule has 0 atom stereocenters. The maximum atomic E-state index is 12.5.